The Labute approximate surface area is 191 Å². The zero-order valence-electron chi connectivity index (χ0n) is 19.9. The van der Waals surface area contributed by atoms with Crippen LogP contribution < -0.4 is 0 Å². The molecule has 0 aromatic rings. The highest BCUT2D eigenvalue weighted by molar-refractivity contribution is 6.26. The molecule has 0 aromatic heterocycles. The van der Waals surface area contributed by atoms with Crippen molar-refractivity contribution < 1.29 is 24.2 Å². The summed E-state index contributed by atoms with van der Waals surface area (Å²) in [6.07, 6.45) is 8.84. The molecule has 2 fully saturated rings. The first-order valence-electron chi connectivity index (χ1n) is 11.6. The number of halogens is 1. The molecule has 3 rings (SSSR count). The molecule has 0 spiro atoms. The first-order chi connectivity index (χ1) is 14.2. The lowest BCUT2D eigenvalue weighted by molar-refractivity contribution is -0.174. The van der Waals surface area contributed by atoms with Crippen LogP contribution in [-0.2, 0) is 19.1 Å². The van der Waals surface area contributed by atoms with E-state index in [1.54, 1.807) is 0 Å². The first kappa shape index (κ1) is 24.6. The number of carbonyl (C=O) groups excluding carboxylic acids is 2. The van der Waals surface area contributed by atoms with Crippen molar-refractivity contribution in [1.82, 2.24) is 0 Å². The second kappa shape index (κ2) is 8.37. The van der Waals surface area contributed by atoms with Crippen molar-refractivity contribution in [2.75, 3.05) is 13.2 Å². The molecular weight excluding hydrogens is 416 g/mol. The largest absolute Gasteiger partial charge is 0.463 e. The summed E-state index contributed by atoms with van der Waals surface area (Å²) in [5, 5.41) is 10.0. The molecule has 6 heteroatoms. The number of allylic oxidation sites excluding steroid dienone is 2. The monoisotopic (exact) mass is 454 g/mol. The highest BCUT2D eigenvalue weighted by atomic mass is 35.5. The van der Waals surface area contributed by atoms with E-state index in [-0.39, 0.29) is 35.9 Å². The van der Waals surface area contributed by atoms with Gasteiger partial charge in [-0.1, -0.05) is 46.3 Å². The molecule has 0 saturated heterocycles. The smallest absolute Gasteiger partial charge is 0.311 e. The Kier molecular flexibility index (Phi) is 6.63. The van der Waals surface area contributed by atoms with Crippen LogP contribution in [0.15, 0.2) is 12.2 Å². The van der Waals surface area contributed by atoms with Gasteiger partial charge in [0.15, 0.2) is 0 Å². The zero-order chi connectivity index (χ0) is 23.2. The minimum absolute atomic E-state index is 0.117. The number of ether oxygens (including phenoxy) is 2. The average Bonchev–Trinajstić information content (AvgIpc) is 2.62. The number of aliphatic hydroxyl groups excluding tert-OH is 1. The van der Waals surface area contributed by atoms with E-state index in [1.807, 2.05) is 13.0 Å². The fraction of sp³-hybridized carbons (Fsp3) is 0.840. The lowest BCUT2D eigenvalue weighted by Crippen LogP contribution is -2.61. The highest BCUT2D eigenvalue weighted by Crippen LogP contribution is 2.68. The van der Waals surface area contributed by atoms with Gasteiger partial charge in [-0.05, 0) is 60.7 Å². The predicted octanol–water partition coefficient (Wildman–Crippen LogP) is 4.89. The van der Waals surface area contributed by atoms with Gasteiger partial charge in [-0.25, -0.2) is 0 Å². The molecule has 3 aliphatic rings. The van der Waals surface area contributed by atoms with Gasteiger partial charge in [0.2, 0.25) is 0 Å². The summed E-state index contributed by atoms with van der Waals surface area (Å²) < 4.78 is 10.3. The Hall–Kier alpha value is -1.07. The summed E-state index contributed by atoms with van der Waals surface area (Å²) in [4.78, 5) is 23.4. The molecule has 5 nitrogen and oxygen atoms in total. The molecule has 31 heavy (non-hydrogen) atoms. The molecule has 0 aliphatic heterocycles. The Morgan fingerprint density at radius 2 is 1.71 bits per heavy atom. The number of hydrogen-bond acceptors (Lipinski definition) is 5. The van der Waals surface area contributed by atoms with E-state index in [1.165, 1.54) is 19.8 Å². The number of carbonyl (C=O) groups is 2. The highest BCUT2D eigenvalue weighted by Gasteiger charge is 2.64. The summed E-state index contributed by atoms with van der Waals surface area (Å²) >= 11 is 6.92. The van der Waals surface area contributed by atoms with Crippen molar-refractivity contribution in [3.8, 4) is 0 Å². The first-order valence-corrected chi connectivity index (χ1v) is 12.0. The summed E-state index contributed by atoms with van der Waals surface area (Å²) in [5.41, 5.74) is 0.0918. The summed E-state index contributed by atoms with van der Waals surface area (Å²) in [7, 11) is 0. The average molecular weight is 455 g/mol. The molecule has 0 heterocycles. The van der Waals surface area contributed by atoms with Crippen molar-refractivity contribution in [3.05, 3.63) is 12.2 Å². The number of rotatable bonds is 5. The number of aliphatic hydroxyl groups is 1. The van der Waals surface area contributed by atoms with E-state index in [9.17, 15) is 14.7 Å². The maximum absolute atomic E-state index is 13.3. The van der Waals surface area contributed by atoms with Crippen LogP contribution in [0.3, 0.4) is 0 Å². The van der Waals surface area contributed by atoms with Gasteiger partial charge in [-0.3, -0.25) is 9.59 Å². The fourth-order valence-corrected chi connectivity index (χ4v) is 7.85. The number of fused-ring (bicyclic) bond motifs is 3. The Morgan fingerprint density at radius 3 is 2.35 bits per heavy atom. The minimum Gasteiger partial charge on any atom is -0.463 e. The molecule has 2 saturated carbocycles. The Balaban J connectivity index is 1.84. The van der Waals surface area contributed by atoms with Crippen LogP contribution in [0.2, 0.25) is 0 Å². The van der Waals surface area contributed by atoms with E-state index in [0.29, 0.717) is 11.3 Å². The number of alkyl halides is 1. The minimum atomic E-state index is -1.05. The normalized spacial score (nSPS) is 42.1. The molecule has 7 unspecified atom stereocenters. The third-order valence-electron chi connectivity index (χ3n) is 8.64. The van der Waals surface area contributed by atoms with Crippen LogP contribution >= 0.6 is 11.6 Å². The van der Waals surface area contributed by atoms with Gasteiger partial charge in [0.25, 0.3) is 0 Å². The van der Waals surface area contributed by atoms with Crippen molar-refractivity contribution in [1.29, 1.82) is 0 Å². The lowest BCUT2D eigenvalue weighted by Gasteiger charge is -2.65. The summed E-state index contributed by atoms with van der Waals surface area (Å²) in [6, 6.07) is 0. The van der Waals surface area contributed by atoms with Crippen LogP contribution in [0, 0.1) is 34.0 Å². The SMILES string of the molecule is CC(=O)OCC(O)COC(=O)C1C(C)(Cl)C=CC2C1(C)CCC1C(C)(C)CCCC12C. The third kappa shape index (κ3) is 4.42. The van der Waals surface area contributed by atoms with E-state index in [4.69, 9.17) is 21.1 Å². The predicted molar refractivity (Wildman–Crippen MR) is 121 cm³/mol. The standard InChI is InChI=1S/C25H39ClO5/c1-16(27)30-14-17(28)15-31-21(29)20-24(5)12-8-18-22(2,3)10-7-11-23(18,4)19(24)9-13-25(20,6)26/h9,13,17-20,28H,7-8,10-12,14-15H2,1-6H3. The van der Waals surface area contributed by atoms with Crippen LogP contribution in [-0.4, -0.2) is 41.2 Å². The lowest BCUT2D eigenvalue weighted by atomic mass is 9.40. The second-order valence-electron chi connectivity index (χ2n) is 11.5. The Morgan fingerprint density at radius 1 is 1.06 bits per heavy atom. The topological polar surface area (TPSA) is 72.8 Å². The van der Waals surface area contributed by atoms with E-state index in [2.05, 4.69) is 33.8 Å². The van der Waals surface area contributed by atoms with E-state index < -0.39 is 22.9 Å². The second-order valence-corrected chi connectivity index (χ2v) is 12.3. The molecule has 176 valence electrons. The molecular formula is C25H39ClO5. The fourth-order valence-electron chi connectivity index (χ4n) is 7.43. The molecule has 3 aliphatic carbocycles. The summed E-state index contributed by atoms with van der Waals surface area (Å²) in [5.74, 6) is -0.521. The quantitative estimate of drug-likeness (QED) is 0.364. The van der Waals surface area contributed by atoms with Crippen LogP contribution in [0.4, 0.5) is 0 Å². The number of esters is 2. The van der Waals surface area contributed by atoms with Gasteiger partial charge in [0, 0.05) is 6.92 Å². The molecule has 1 N–H and O–H groups in total. The maximum Gasteiger partial charge on any atom is 0.311 e. The van der Waals surface area contributed by atoms with Crippen molar-refractivity contribution in [2.45, 2.75) is 84.6 Å². The molecule has 0 bridgehead atoms. The third-order valence-corrected chi connectivity index (χ3v) is 8.98. The molecule has 0 amide bonds. The van der Waals surface area contributed by atoms with Gasteiger partial charge in [-0.2, -0.15) is 0 Å². The van der Waals surface area contributed by atoms with Gasteiger partial charge in [0.05, 0.1) is 10.8 Å². The van der Waals surface area contributed by atoms with E-state index >= 15 is 0 Å². The van der Waals surface area contributed by atoms with Gasteiger partial charge < -0.3 is 14.6 Å². The summed E-state index contributed by atoms with van der Waals surface area (Å²) in [6.45, 7) is 12.1. The molecule has 0 aromatic carbocycles. The van der Waals surface area contributed by atoms with Crippen molar-refractivity contribution >= 4 is 23.5 Å². The van der Waals surface area contributed by atoms with Crippen LogP contribution in [0.5, 0.6) is 0 Å². The molecule has 7 atom stereocenters. The van der Waals surface area contributed by atoms with Gasteiger partial charge in [0.1, 0.15) is 19.3 Å². The van der Waals surface area contributed by atoms with Gasteiger partial charge >= 0.3 is 11.9 Å². The maximum atomic E-state index is 13.3. The van der Waals surface area contributed by atoms with Gasteiger partial charge in [-0.15, -0.1) is 11.6 Å². The van der Waals surface area contributed by atoms with Crippen LogP contribution in [0.25, 0.3) is 0 Å². The van der Waals surface area contributed by atoms with E-state index in [0.717, 1.165) is 19.3 Å². The molecule has 0 radical (unpaired) electrons. The Bertz CT molecular complexity index is 744. The number of hydrogen-bond donors (Lipinski definition) is 1. The van der Waals surface area contributed by atoms with Crippen molar-refractivity contribution in [3.63, 3.8) is 0 Å². The van der Waals surface area contributed by atoms with Crippen molar-refractivity contribution in [2.24, 2.45) is 34.0 Å². The van der Waals surface area contributed by atoms with Crippen LogP contribution in [0.1, 0.15) is 73.6 Å². The zero-order valence-corrected chi connectivity index (χ0v) is 20.6.